The summed E-state index contributed by atoms with van der Waals surface area (Å²) in [6.07, 6.45) is -2.79. The molecule has 1 unspecified atom stereocenters. The Morgan fingerprint density at radius 2 is 2.11 bits per heavy atom. The molecular weight excluding hydrogens is 257 g/mol. The lowest BCUT2D eigenvalue weighted by atomic mass is 10.0. The van der Waals surface area contributed by atoms with E-state index < -0.39 is 18.6 Å². The van der Waals surface area contributed by atoms with E-state index in [1.54, 1.807) is 24.3 Å². The van der Waals surface area contributed by atoms with Gasteiger partial charge in [0.15, 0.2) is 0 Å². The third kappa shape index (κ3) is 4.72. The smallest absolute Gasteiger partial charge is 0.389 e. The molecule has 106 valence electrons. The number of hydrogen-bond acceptors (Lipinski definition) is 3. The summed E-state index contributed by atoms with van der Waals surface area (Å²) in [7, 11) is 0. The number of hydrazine groups is 1. The monoisotopic (exact) mass is 274 g/mol. The van der Waals surface area contributed by atoms with Crippen LogP contribution in [0.5, 0.6) is 5.75 Å². The van der Waals surface area contributed by atoms with Crippen LogP contribution in [0.3, 0.4) is 0 Å². The minimum atomic E-state index is -4.17. The second kappa shape index (κ2) is 5.79. The molecule has 0 bridgehead atoms. The zero-order valence-corrected chi connectivity index (χ0v) is 10.4. The predicted molar refractivity (Wildman–Crippen MR) is 65.4 cm³/mol. The molecule has 1 aliphatic carbocycles. The van der Waals surface area contributed by atoms with Crippen LogP contribution in [0.15, 0.2) is 24.3 Å². The fourth-order valence-electron chi connectivity index (χ4n) is 1.84. The number of benzene rings is 1. The molecule has 0 radical (unpaired) electrons. The summed E-state index contributed by atoms with van der Waals surface area (Å²) in [5.74, 6) is 6.03. The minimum Gasteiger partial charge on any atom is -0.490 e. The number of halogens is 3. The molecule has 0 heterocycles. The highest BCUT2D eigenvalue weighted by molar-refractivity contribution is 5.31. The van der Waals surface area contributed by atoms with Gasteiger partial charge in [-0.15, -0.1) is 0 Å². The van der Waals surface area contributed by atoms with E-state index in [0.29, 0.717) is 11.3 Å². The first kappa shape index (κ1) is 14.1. The van der Waals surface area contributed by atoms with Crippen LogP contribution in [-0.4, -0.2) is 12.3 Å². The average Bonchev–Trinajstić information content (AvgIpc) is 3.13. The van der Waals surface area contributed by atoms with Gasteiger partial charge in [0, 0.05) is 12.5 Å². The fourth-order valence-corrected chi connectivity index (χ4v) is 1.84. The second-order valence-electron chi connectivity index (χ2n) is 4.76. The third-order valence-corrected chi connectivity index (χ3v) is 3.01. The summed E-state index contributed by atoms with van der Waals surface area (Å²) in [4.78, 5) is 0. The highest BCUT2D eigenvalue weighted by Gasteiger charge is 2.29. The first-order valence-corrected chi connectivity index (χ1v) is 6.27. The summed E-state index contributed by atoms with van der Waals surface area (Å²) in [5.41, 5.74) is 3.14. The molecule has 1 atom stereocenters. The molecule has 1 fully saturated rings. The topological polar surface area (TPSA) is 47.3 Å². The summed E-state index contributed by atoms with van der Waals surface area (Å²) >= 11 is 0. The maximum Gasteiger partial charge on any atom is 0.389 e. The molecule has 1 aromatic carbocycles. The zero-order valence-electron chi connectivity index (χ0n) is 10.4. The van der Waals surface area contributed by atoms with Gasteiger partial charge in [-0.1, -0.05) is 12.1 Å². The van der Waals surface area contributed by atoms with Crippen LogP contribution in [0.2, 0.25) is 0 Å². The van der Waals surface area contributed by atoms with E-state index in [-0.39, 0.29) is 12.5 Å². The van der Waals surface area contributed by atoms with Gasteiger partial charge in [-0.05, 0) is 37.0 Å². The number of nitrogens with two attached hydrogens (primary N) is 1. The van der Waals surface area contributed by atoms with Crippen LogP contribution < -0.4 is 16.0 Å². The molecule has 0 saturated heterocycles. The molecule has 0 aliphatic heterocycles. The summed E-state index contributed by atoms with van der Waals surface area (Å²) in [6.45, 7) is 0. The summed E-state index contributed by atoms with van der Waals surface area (Å²) in [5, 5.41) is 0. The van der Waals surface area contributed by atoms with E-state index in [2.05, 4.69) is 5.43 Å². The van der Waals surface area contributed by atoms with E-state index in [9.17, 15) is 13.2 Å². The number of ether oxygens (including phenoxy) is 1. The Hall–Kier alpha value is -1.27. The van der Waals surface area contributed by atoms with Crippen molar-refractivity contribution in [2.24, 2.45) is 5.84 Å². The lowest BCUT2D eigenvalue weighted by Gasteiger charge is -2.18. The van der Waals surface area contributed by atoms with Crippen LogP contribution in [0.1, 0.15) is 37.3 Å². The van der Waals surface area contributed by atoms with Crippen molar-refractivity contribution in [2.45, 2.75) is 44.0 Å². The van der Waals surface area contributed by atoms with Gasteiger partial charge in [0.25, 0.3) is 0 Å². The van der Waals surface area contributed by atoms with Crippen molar-refractivity contribution < 1.29 is 17.9 Å². The van der Waals surface area contributed by atoms with Gasteiger partial charge >= 0.3 is 6.18 Å². The Kier molecular flexibility index (Phi) is 4.31. The number of rotatable bonds is 6. The fraction of sp³-hybridized carbons (Fsp3) is 0.538. The highest BCUT2D eigenvalue weighted by Crippen LogP contribution is 2.31. The normalized spacial score (nSPS) is 17.3. The van der Waals surface area contributed by atoms with Crippen LogP contribution >= 0.6 is 0 Å². The first-order valence-electron chi connectivity index (χ1n) is 6.27. The van der Waals surface area contributed by atoms with Crippen molar-refractivity contribution in [3.63, 3.8) is 0 Å². The van der Waals surface area contributed by atoms with E-state index in [1.807, 2.05) is 0 Å². The molecule has 0 spiro atoms. The molecule has 0 amide bonds. The Labute approximate surface area is 109 Å². The average molecular weight is 274 g/mol. The second-order valence-corrected chi connectivity index (χ2v) is 4.76. The highest BCUT2D eigenvalue weighted by atomic mass is 19.4. The molecule has 19 heavy (non-hydrogen) atoms. The maximum atomic E-state index is 12.2. The van der Waals surface area contributed by atoms with Crippen molar-refractivity contribution in [1.82, 2.24) is 5.43 Å². The van der Waals surface area contributed by atoms with E-state index in [0.717, 1.165) is 12.8 Å². The Morgan fingerprint density at radius 1 is 1.37 bits per heavy atom. The molecule has 1 saturated carbocycles. The SMILES string of the molecule is NNC(CCC(F)(F)F)c1cccc(OC2CC2)c1. The van der Waals surface area contributed by atoms with Gasteiger partial charge in [0.05, 0.1) is 6.10 Å². The molecule has 0 aromatic heterocycles. The van der Waals surface area contributed by atoms with Crippen molar-refractivity contribution in [2.75, 3.05) is 0 Å². The van der Waals surface area contributed by atoms with Gasteiger partial charge in [0.1, 0.15) is 5.75 Å². The van der Waals surface area contributed by atoms with Crippen molar-refractivity contribution in [3.05, 3.63) is 29.8 Å². The third-order valence-electron chi connectivity index (χ3n) is 3.01. The van der Waals surface area contributed by atoms with E-state index >= 15 is 0 Å². The van der Waals surface area contributed by atoms with Crippen molar-refractivity contribution >= 4 is 0 Å². The summed E-state index contributed by atoms with van der Waals surface area (Å²) < 4.78 is 42.3. The van der Waals surface area contributed by atoms with Gasteiger partial charge in [-0.3, -0.25) is 11.3 Å². The van der Waals surface area contributed by atoms with Gasteiger partial charge in [-0.2, -0.15) is 13.2 Å². The molecule has 3 nitrogen and oxygen atoms in total. The van der Waals surface area contributed by atoms with Gasteiger partial charge < -0.3 is 4.74 Å². The number of nitrogens with one attached hydrogen (secondary N) is 1. The molecule has 1 aromatic rings. The van der Waals surface area contributed by atoms with Crippen LogP contribution in [0.25, 0.3) is 0 Å². The quantitative estimate of drug-likeness (QED) is 0.619. The lowest BCUT2D eigenvalue weighted by Crippen LogP contribution is -2.29. The van der Waals surface area contributed by atoms with Gasteiger partial charge in [0.2, 0.25) is 0 Å². The van der Waals surface area contributed by atoms with Crippen molar-refractivity contribution in [3.8, 4) is 5.75 Å². The predicted octanol–water partition coefficient (Wildman–Crippen LogP) is 3.07. The largest absolute Gasteiger partial charge is 0.490 e. The molecular formula is C13H17F3N2O. The lowest BCUT2D eigenvalue weighted by molar-refractivity contribution is -0.136. The van der Waals surface area contributed by atoms with Crippen molar-refractivity contribution in [1.29, 1.82) is 0 Å². The number of hydrogen-bond donors (Lipinski definition) is 2. The zero-order chi connectivity index (χ0) is 13.9. The number of alkyl halides is 3. The van der Waals surface area contributed by atoms with Gasteiger partial charge in [-0.25, -0.2) is 0 Å². The van der Waals surface area contributed by atoms with Crippen LogP contribution in [0, 0.1) is 0 Å². The Bertz CT molecular complexity index is 419. The van der Waals surface area contributed by atoms with E-state index in [4.69, 9.17) is 10.6 Å². The van der Waals surface area contributed by atoms with E-state index in [1.165, 1.54) is 0 Å². The standard InChI is InChI=1S/C13H17F3N2O/c14-13(15,16)7-6-12(18-17)9-2-1-3-11(8-9)19-10-4-5-10/h1-3,8,10,12,18H,4-7,17H2. The van der Waals surface area contributed by atoms with Crippen LogP contribution in [0.4, 0.5) is 13.2 Å². The Morgan fingerprint density at radius 3 is 2.68 bits per heavy atom. The Balaban J connectivity index is 2.00. The molecule has 1 aliphatic rings. The molecule has 2 rings (SSSR count). The minimum absolute atomic E-state index is 0.0904. The molecule has 3 N–H and O–H groups in total. The van der Waals surface area contributed by atoms with Crippen LogP contribution in [-0.2, 0) is 0 Å². The summed E-state index contributed by atoms with van der Waals surface area (Å²) in [6, 6.07) is 6.55. The molecule has 6 heteroatoms. The maximum absolute atomic E-state index is 12.2. The first-order chi connectivity index (χ1) is 8.98.